The maximum absolute atomic E-state index is 3.93. The van der Waals surface area contributed by atoms with Crippen molar-refractivity contribution in [2.75, 3.05) is 33.2 Å². The molecule has 2 nitrogen and oxygen atoms in total. The second-order valence-electron chi connectivity index (χ2n) is 5.07. The molecule has 0 atom stereocenters. The molecular weight excluding hydrogens is 172 g/mol. The monoisotopic (exact) mass is 198 g/mol. The summed E-state index contributed by atoms with van der Waals surface area (Å²) in [6.45, 7) is 17.0. The molecule has 0 saturated carbocycles. The molecule has 14 heavy (non-hydrogen) atoms. The third-order valence-corrected chi connectivity index (χ3v) is 2.09. The topological polar surface area (TPSA) is 15.3 Å². The van der Waals surface area contributed by atoms with Crippen LogP contribution < -0.4 is 5.32 Å². The van der Waals surface area contributed by atoms with Crippen molar-refractivity contribution in [2.24, 2.45) is 5.41 Å². The lowest BCUT2D eigenvalue weighted by atomic mass is 9.92. The largest absolute Gasteiger partial charge is 0.316 e. The molecule has 84 valence electrons. The Morgan fingerprint density at radius 3 is 2.43 bits per heavy atom. The van der Waals surface area contributed by atoms with Gasteiger partial charge in [0.15, 0.2) is 0 Å². The summed E-state index contributed by atoms with van der Waals surface area (Å²) in [6.07, 6.45) is 0. The molecule has 1 N–H and O–H groups in total. The molecule has 0 unspecified atom stereocenters. The van der Waals surface area contributed by atoms with E-state index in [1.54, 1.807) is 0 Å². The van der Waals surface area contributed by atoms with Gasteiger partial charge in [0.05, 0.1) is 0 Å². The number of rotatable bonds is 7. The van der Waals surface area contributed by atoms with E-state index in [-0.39, 0.29) is 0 Å². The van der Waals surface area contributed by atoms with Crippen molar-refractivity contribution in [3.8, 4) is 0 Å². The fourth-order valence-electron chi connectivity index (χ4n) is 1.77. The fraction of sp³-hybridized carbons (Fsp3) is 0.833. The Balaban J connectivity index is 3.87. The van der Waals surface area contributed by atoms with Gasteiger partial charge in [0.25, 0.3) is 0 Å². The van der Waals surface area contributed by atoms with E-state index in [1.165, 1.54) is 5.57 Å². The van der Waals surface area contributed by atoms with Gasteiger partial charge in [0.1, 0.15) is 0 Å². The van der Waals surface area contributed by atoms with Crippen molar-refractivity contribution in [2.45, 2.75) is 27.7 Å². The van der Waals surface area contributed by atoms with Crippen LogP contribution in [0.1, 0.15) is 27.7 Å². The lowest BCUT2D eigenvalue weighted by molar-refractivity contribution is 0.216. The molecule has 0 aromatic carbocycles. The number of nitrogens with zero attached hydrogens (tertiary/aromatic N) is 1. The molecule has 2 heteroatoms. The Hall–Kier alpha value is -0.340. The highest BCUT2D eigenvalue weighted by atomic mass is 15.1. The summed E-state index contributed by atoms with van der Waals surface area (Å²) in [5.74, 6) is 0. The maximum Gasteiger partial charge on any atom is 0.0184 e. The van der Waals surface area contributed by atoms with Crippen molar-refractivity contribution >= 4 is 0 Å². The zero-order valence-corrected chi connectivity index (χ0v) is 10.5. The van der Waals surface area contributed by atoms with Gasteiger partial charge in [-0.2, -0.15) is 0 Å². The van der Waals surface area contributed by atoms with Crippen molar-refractivity contribution in [3.63, 3.8) is 0 Å². The summed E-state index contributed by atoms with van der Waals surface area (Å²) in [4.78, 5) is 2.33. The molecule has 0 aliphatic rings. The van der Waals surface area contributed by atoms with Crippen molar-refractivity contribution in [1.29, 1.82) is 0 Å². The van der Waals surface area contributed by atoms with Gasteiger partial charge < -0.3 is 10.2 Å². The van der Waals surface area contributed by atoms with Crippen LogP contribution in [-0.4, -0.2) is 38.1 Å². The lowest BCUT2D eigenvalue weighted by Crippen LogP contribution is -2.39. The third-order valence-electron chi connectivity index (χ3n) is 2.09. The zero-order chi connectivity index (χ0) is 11.2. The van der Waals surface area contributed by atoms with E-state index in [2.05, 4.69) is 51.5 Å². The van der Waals surface area contributed by atoms with Crippen LogP contribution in [0.2, 0.25) is 0 Å². The van der Waals surface area contributed by atoms with E-state index in [1.807, 2.05) is 0 Å². The molecule has 0 fully saturated rings. The smallest absolute Gasteiger partial charge is 0.0184 e. The summed E-state index contributed by atoms with van der Waals surface area (Å²) in [7, 11) is 2.16. The quantitative estimate of drug-likeness (QED) is 0.630. The molecule has 0 aromatic heterocycles. The Labute approximate surface area is 89.4 Å². The van der Waals surface area contributed by atoms with Gasteiger partial charge in [-0.3, -0.25) is 0 Å². The van der Waals surface area contributed by atoms with Gasteiger partial charge in [-0.1, -0.05) is 32.9 Å². The second-order valence-corrected chi connectivity index (χ2v) is 5.07. The predicted octanol–water partition coefficient (Wildman–Crippen LogP) is 2.13. The molecular formula is C12H26N2. The molecule has 0 aliphatic heterocycles. The van der Waals surface area contributed by atoms with Gasteiger partial charge in [-0.25, -0.2) is 0 Å². The number of hydrogen-bond donors (Lipinski definition) is 1. The Bertz CT molecular complexity index is 173. The predicted molar refractivity (Wildman–Crippen MR) is 64.6 cm³/mol. The SMILES string of the molecule is C=C(C)CN(C)CC(C)(C)CNCC. The Morgan fingerprint density at radius 1 is 1.43 bits per heavy atom. The molecule has 0 radical (unpaired) electrons. The van der Waals surface area contributed by atoms with Gasteiger partial charge in [-0.15, -0.1) is 0 Å². The van der Waals surface area contributed by atoms with Gasteiger partial charge in [0.2, 0.25) is 0 Å². The van der Waals surface area contributed by atoms with Crippen LogP contribution in [0.4, 0.5) is 0 Å². The highest BCUT2D eigenvalue weighted by Gasteiger charge is 2.19. The molecule has 0 heterocycles. The van der Waals surface area contributed by atoms with Crippen LogP contribution in [0.25, 0.3) is 0 Å². The van der Waals surface area contributed by atoms with Gasteiger partial charge in [0, 0.05) is 19.6 Å². The number of hydrogen-bond acceptors (Lipinski definition) is 2. The molecule has 0 amide bonds. The third kappa shape index (κ3) is 7.10. The van der Waals surface area contributed by atoms with Crippen LogP contribution in [0.3, 0.4) is 0 Å². The molecule has 0 aliphatic carbocycles. The van der Waals surface area contributed by atoms with E-state index in [0.717, 1.165) is 26.2 Å². The summed E-state index contributed by atoms with van der Waals surface area (Å²) >= 11 is 0. The Morgan fingerprint density at radius 2 is 2.00 bits per heavy atom. The first-order valence-electron chi connectivity index (χ1n) is 5.41. The van der Waals surface area contributed by atoms with Crippen LogP contribution in [-0.2, 0) is 0 Å². The molecule has 0 aromatic rings. The average molecular weight is 198 g/mol. The van der Waals surface area contributed by atoms with E-state index in [4.69, 9.17) is 0 Å². The molecule has 0 bridgehead atoms. The van der Waals surface area contributed by atoms with Gasteiger partial charge in [-0.05, 0) is 25.9 Å². The summed E-state index contributed by atoms with van der Waals surface area (Å²) in [5.41, 5.74) is 1.56. The van der Waals surface area contributed by atoms with E-state index in [0.29, 0.717) is 5.41 Å². The number of nitrogens with one attached hydrogen (secondary N) is 1. The summed E-state index contributed by atoms with van der Waals surface area (Å²) < 4.78 is 0. The van der Waals surface area contributed by atoms with Crippen LogP contribution in [0, 0.1) is 5.41 Å². The molecule has 0 spiro atoms. The van der Waals surface area contributed by atoms with Crippen LogP contribution >= 0.6 is 0 Å². The first kappa shape index (κ1) is 13.7. The molecule has 0 saturated heterocycles. The minimum absolute atomic E-state index is 0.334. The van der Waals surface area contributed by atoms with Crippen molar-refractivity contribution in [1.82, 2.24) is 10.2 Å². The second kappa shape index (κ2) is 6.20. The summed E-state index contributed by atoms with van der Waals surface area (Å²) in [5, 5.41) is 3.40. The highest BCUT2D eigenvalue weighted by molar-refractivity contribution is 4.92. The van der Waals surface area contributed by atoms with Crippen LogP contribution in [0.15, 0.2) is 12.2 Å². The van der Waals surface area contributed by atoms with E-state index >= 15 is 0 Å². The first-order chi connectivity index (χ1) is 6.37. The van der Waals surface area contributed by atoms with Crippen molar-refractivity contribution < 1.29 is 0 Å². The lowest BCUT2D eigenvalue weighted by Gasteiger charge is -2.30. The van der Waals surface area contributed by atoms with E-state index < -0.39 is 0 Å². The normalized spacial score (nSPS) is 12.1. The Kier molecular flexibility index (Phi) is 6.05. The molecule has 0 rings (SSSR count). The average Bonchev–Trinajstić information content (AvgIpc) is 1.98. The van der Waals surface area contributed by atoms with E-state index in [9.17, 15) is 0 Å². The minimum atomic E-state index is 0.334. The minimum Gasteiger partial charge on any atom is -0.316 e. The zero-order valence-electron chi connectivity index (χ0n) is 10.5. The standard InChI is InChI=1S/C12H26N2/c1-7-13-9-12(4,5)10-14(6)8-11(2)3/h13H,2,7-10H2,1,3-6H3. The number of likely N-dealkylation sites (N-methyl/N-ethyl adjacent to an activating group) is 1. The van der Waals surface area contributed by atoms with Crippen molar-refractivity contribution in [3.05, 3.63) is 12.2 Å². The first-order valence-corrected chi connectivity index (χ1v) is 5.41. The fourth-order valence-corrected chi connectivity index (χ4v) is 1.77. The highest BCUT2D eigenvalue weighted by Crippen LogP contribution is 2.15. The van der Waals surface area contributed by atoms with Gasteiger partial charge >= 0.3 is 0 Å². The maximum atomic E-state index is 3.93. The summed E-state index contributed by atoms with van der Waals surface area (Å²) in [6, 6.07) is 0. The van der Waals surface area contributed by atoms with Crippen LogP contribution in [0.5, 0.6) is 0 Å².